The third-order valence-electron chi connectivity index (χ3n) is 5.93. The molecule has 0 amide bonds. The SMILES string of the molecule is O=C1CC23CC(=O)CC2(C1)c1cccnc1-c1ccccc13. The van der Waals surface area contributed by atoms with Crippen LogP contribution in [0.5, 0.6) is 0 Å². The van der Waals surface area contributed by atoms with Crippen LogP contribution in [0.3, 0.4) is 0 Å². The van der Waals surface area contributed by atoms with Crippen LogP contribution in [0.1, 0.15) is 36.8 Å². The zero-order valence-electron chi connectivity index (χ0n) is 12.1. The van der Waals surface area contributed by atoms with Gasteiger partial charge in [-0.05, 0) is 17.2 Å². The second-order valence-corrected chi connectivity index (χ2v) is 6.89. The standard InChI is InChI=1S/C19H15NO2/c21-12-8-18-9-13(22)11-19(18,10-12)16-6-3-7-20-17(16)14-4-1-2-5-15(14)18/h1-7H,8-11H2. The summed E-state index contributed by atoms with van der Waals surface area (Å²) in [5.41, 5.74) is 3.60. The first-order chi connectivity index (χ1) is 10.7. The van der Waals surface area contributed by atoms with Gasteiger partial charge in [0.1, 0.15) is 11.6 Å². The Morgan fingerprint density at radius 3 is 2.09 bits per heavy atom. The van der Waals surface area contributed by atoms with E-state index in [-0.39, 0.29) is 22.4 Å². The molecular formula is C19H15NO2. The van der Waals surface area contributed by atoms with E-state index in [0.29, 0.717) is 25.7 Å². The van der Waals surface area contributed by atoms with E-state index in [1.807, 2.05) is 18.2 Å². The molecule has 1 heterocycles. The predicted molar refractivity (Wildman–Crippen MR) is 81.5 cm³/mol. The fourth-order valence-electron chi connectivity index (χ4n) is 5.28. The normalized spacial score (nSPS) is 31.5. The lowest BCUT2D eigenvalue weighted by Gasteiger charge is -2.45. The highest BCUT2D eigenvalue weighted by molar-refractivity contribution is 5.98. The molecule has 3 nitrogen and oxygen atoms in total. The van der Waals surface area contributed by atoms with Crippen LogP contribution in [-0.2, 0) is 20.4 Å². The zero-order chi connectivity index (χ0) is 14.9. The molecule has 3 aliphatic rings. The summed E-state index contributed by atoms with van der Waals surface area (Å²) < 4.78 is 0. The topological polar surface area (TPSA) is 47.0 Å². The number of ketones is 2. The molecule has 3 heteroatoms. The molecule has 22 heavy (non-hydrogen) atoms. The maximum atomic E-state index is 12.4. The minimum absolute atomic E-state index is 0.277. The first-order valence-corrected chi connectivity index (χ1v) is 7.75. The number of pyridine rings is 1. The maximum Gasteiger partial charge on any atom is 0.134 e. The summed E-state index contributed by atoms with van der Waals surface area (Å²) >= 11 is 0. The zero-order valence-corrected chi connectivity index (χ0v) is 12.1. The van der Waals surface area contributed by atoms with Crippen LogP contribution in [0.2, 0.25) is 0 Å². The van der Waals surface area contributed by atoms with Gasteiger partial charge in [0.15, 0.2) is 0 Å². The summed E-state index contributed by atoms with van der Waals surface area (Å²) in [6, 6.07) is 12.2. The van der Waals surface area contributed by atoms with Crippen molar-refractivity contribution in [2.24, 2.45) is 0 Å². The molecule has 0 atom stereocenters. The number of rotatable bonds is 0. The van der Waals surface area contributed by atoms with Gasteiger partial charge in [0, 0.05) is 48.3 Å². The molecule has 3 aliphatic carbocycles. The first-order valence-electron chi connectivity index (χ1n) is 7.75. The first kappa shape index (κ1) is 12.3. The van der Waals surface area contributed by atoms with E-state index in [1.165, 1.54) is 0 Å². The van der Waals surface area contributed by atoms with Gasteiger partial charge in [-0.25, -0.2) is 0 Å². The van der Waals surface area contributed by atoms with Crippen molar-refractivity contribution >= 4 is 11.6 Å². The van der Waals surface area contributed by atoms with E-state index in [1.54, 1.807) is 6.20 Å². The molecule has 1 aromatic heterocycles. The van der Waals surface area contributed by atoms with E-state index in [0.717, 1.165) is 22.4 Å². The molecule has 0 radical (unpaired) electrons. The van der Waals surface area contributed by atoms with E-state index in [4.69, 9.17) is 0 Å². The Morgan fingerprint density at radius 1 is 0.773 bits per heavy atom. The highest BCUT2D eigenvalue weighted by Gasteiger charge is 2.67. The Balaban J connectivity index is 1.96. The third-order valence-corrected chi connectivity index (χ3v) is 5.93. The Labute approximate surface area is 128 Å². The number of carbonyl (C=O) groups excluding carboxylic acids is 2. The number of fused-ring (bicyclic) bond motifs is 3. The lowest BCUT2D eigenvalue weighted by molar-refractivity contribution is -0.120. The van der Waals surface area contributed by atoms with Crippen LogP contribution < -0.4 is 0 Å². The molecule has 0 unspecified atom stereocenters. The summed E-state index contributed by atoms with van der Waals surface area (Å²) in [4.78, 5) is 29.4. The molecule has 2 aromatic rings. The van der Waals surface area contributed by atoms with Crippen molar-refractivity contribution in [3.63, 3.8) is 0 Å². The maximum absolute atomic E-state index is 12.4. The number of nitrogens with zero attached hydrogens (tertiary/aromatic N) is 1. The van der Waals surface area contributed by atoms with Gasteiger partial charge >= 0.3 is 0 Å². The van der Waals surface area contributed by atoms with Crippen molar-refractivity contribution in [1.82, 2.24) is 4.98 Å². The molecule has 0 N–H and O–H groups in total. The second kappa shape index (κ2) is 3.72. The Hall–Kier alpha value is -2.29. The van der Waals surface area contributed by atoms with Crippen LogP contribution in [0.4, 0.5) is 0 Å². The van der Waals surface area contributed by atoms with Crippen LogP contribution in [0.15, 0.2) is 42.6 Å². The summed E-state index contributed by atoms with van der Waals surface area (Å²) in [6.07, 6.45) is 3.73. The second-order valence-electron chi connectivity index (χ2n) is 6.89. The van der Waals surface area contributed by atoms with Gasteiger partial charge in [-0.3, -0.25) is 14.6 Å². The number of hydrogen-bond donors (Lipinski definition) is 0. The summed E-state index contributed by atoms with van der Waals surface area (Å²) in [5.74, 6) is 0.554. The fraction of sp³-hybridized carbons (Fsp3) is 0.316. The lowest BCUT2D eigenvalue weighted by Crippen LogP contribution is -2.43. The summed E-state index contributed by atoms with van der Waals surface area (Å²) in [5, 5.41) is 0. The largest absolute Gasteiger partial charge is 0.300 e. The van der Waals surface area contributed by atoms with Crippen LogP contribution in [-0.4, -0.2) is 16.6 Å². The summed E-state index contributed by atoms with van der Waals surface area (Å²) in [7, 11) is 0. The van der Waals surface area contributed by atoms with E-state index < -0.39 is 0 Å². The molecule has 2 fully saturated rings. The quantitative estimate of drug-likeness (QED) is 0.749. The van der Waals surface area contributed by atoms with Crippen LogP contribution >= 0.6 is 0 Å². The summed E-state index contributed by atoms with van der Waals surface area (Å²) in [6.45, 7) is 0. The van der Waals surface area contributed by atoms with Crippen molar-refractivity contribution in [2.75, 3.05) is 0 Å². The Morgan fingerprint density at radius 2 is 1.36 bits per heavy atom. The minimum atomic E-state index is -0.362. The molecule has 108 valence electrons. The molecule has 2 saturated carbocycles. The molecule has 0 aliphatic heterocycles. The number of Topliss-reactive ketones (excluding diaryl/α,β-unsaturated/α-hetero) is 2. The fourth-order valence-corrected chi connectivity index (χ4v) is 5.28. The van der Waals surface area contributed by atoms with Gasteiger partial charge < -0.3 is 0 Å². The van der Waals surface area contributed by atoms with Crippen molar-refractivity contribution in [3.8, 4) is 11.3 Å². The van der Waals surface area contributed by atoms with Gasteiger partial charge in [-0.15, -0.1) is 0 Å². The van der Waals surface area contributed by atoms with Gasteiger partial charge in [-0.2, -0.15) is 0 Å². The lowest BCUT2D eigenvalue weighted by atomic mass is 9.56. The van der Waals surface area contributed by atoms with Gasteiger partial charge in [-0.1, -0.05) is 30.3 Å². The van der Waals surface area contributed by atoms with Crippen LogP contribution in [0, 0.1) is 0 Å². The van der Waals surface area contributed by atoms with Crippen LogP contribution in [0.25, 0.3) is 11.3 Å². The van der Waals surface area contributed by atoms with Gasteiger partial charge in [0.25, 0.3) is 0 Å². The molecule has 1 aromatic carbocycles. The number of hydrogen-bond acceptors (Lipinski definition) is 3. The highest BCUT2D eigenvalue weighted by Crippen LogP contribution is 2.66. The minimum Gasteiger partial charge on any atom is -0.300 e. The molecule has 0 saturated heterocycles. The van der Waals surface area contributed by atoms with E-state index in [9.17, 15) is 9.59 Å². The smallest absolute Gasteiger partial charge is 0.134 e. The average molecular weight is 289 g/mol. The number of aromatic nitrogens is 1. The van der Waals surface area contributed by atoms with E-state index >= 15 is 0 Å². The molecule has 0 bridgehead atoms. The van der Waals surface area contributed by atoms with Crippen molar-refractivity contribution < 1.29 is 9.59 Å². The number of benzene rings is 1. The molecule has 5 rings (SSSR count). The van der Waals surface area contributed by atoms with Crippen molar-refractivity contribution in [1.29, 1.82) is 0 Å². The van der Waals surface area contributed by atoms with Crippen molar-refractivity contribution in [2.45, 2.75) is 36.5 Å². The third kappa shape index (κ3) is 1.18. The predicted octanol–water partition coefficient (Wildman–Crippen LogP) is 2.96. The highest BCUT2D eigenvalue weighted by atomic mass is 16.1. The molecule has 0 spiro atoms. The van der Waals surface area contributed by atoms with E-state index in [2.05, 4.69) is 23.2 Å². The molecular weight excluding hydrogens is 274 g/mol. The number of carbonyl (C=O) groups is 2. The van der Waals surface area contributed by atoms with Gasteiger partial charge in [0.2, 0.25) is 0 Å². The Bertz CT molecular complexity index is 765. The average Bonchev–Trinajstić information content (AvgIpc) is 2.96. The Kier molecular flexibility index (Phi) is 2.08. The monoisotopic (exact) mass is 289 g/mol. The van der Waals surface area contributed by atoms with Gasteiger partial charge in [0.05, 0.1) is 5.69 Å². The van der Waals surface area contributed by atoms with Crippen molar-refractivity contribution in [3.05, 3.63) is 53.7 Å².